The third kappa shape index (κ3) is 6.94. The Labute approximate surface area is 190 Å². The number of hydrogen-bond donors (Lipinski definition) is 3. The number of carbonyl (C=O) groups is 2. The third-order valence-electron chi connectivity index (χ3n) is 4.34. The molecule has 3 N–H and O–H groups in total. The topological polar surface area (TPSA) is 96.0 Å². The number of rotatable bonds is 9. The molecule has 2 aromatic carbocycles. The van der Waals surface area contributed by atoms with Crippen molar-refractivity contribution in [2.24, 2.45) is 0 Å². The van der Waals surface area contributed by atoms with Gasteiger partial charge in [0.25, 0.3) is 0 Å². The Balaban J connectivity index is 1.61. The van der Waals surface area contributed by atoms with Crippen LogP contribution in [-0.2, 0) is 17.9 Å². The molecule has 9 heteroatoms. The predicted octanol–water partition coefficient (Wildman–Crippen LogP) is 4.32. The fourth-order valence-corrected chi connectivity index (χ4v) is 3.08. The molecule has 1 aromatic heterocycles. The lowest BCUT2D eigenvalue weighted by atomic mass is 10.2. The zero-order valence-corrected chi connectivity index (χ0v) is 18.2. The monoisotopic (exact) mass is 457 g/mol. The zero-order chi connectivity index (χ0) is 22.2. The molecule has 1 atom stereocenters. The largest absolute Gasteiger partial charge is 0.358 e. The van der Waals surface area contributed by atoms with Crippen molar-refractivity contribution in [3.8, 4) is 0 Å². The number of halogens is 2. The first-order chi connectivity index (χ1) is 14.9. The molecule has 31 heavy (non-hydrogen) atoms. The van der Waals surface area contributed by atoms with E-state index in [4.69, 9.17) is 23.2 Å². The molecule has 0 aliphatic rings. The van der Waals surface area contributed by atoms with Crippen LogP contribution in [0, 0.1) is 0 Å². The van der Waals surface area contributed by atoms with Gasteiger partial charge >= 0.3 is 0 Å². The molecule has 0 aliphatic heterocycles. The molecule has 1 heterocycles. The number of aldehydes is 1. The van der Waals surface area contributed by atoms with Gasteiger partial charge in [-0.25, -0.2) is 4.98 Å². The van der Waals surface area contributed by atoms with Crippen molar-refractivity contribution in [1.29, 1.82) is 0 Å². The fourth-order valence-electron chi connectivity index (χ4n) is 2.74. The van der Waals surface area contributed by atoms with Gasteiger partial charge in [-0.15, -0.1) is 0 Å². The van der Waals surface area contributed by atoms with E-state index < -0.39 is 6.04 Å². The molecule has 0 spiro atoms. The molecular weight excluding hydrogens is 437 g/mol. The lowest BCUT2D eigenvalue weighted by Gasteiger charge is -2.16. The molecule has 0 aliphatic carbocycles. The molecule has 0 bridgehead atoms. The molecule has 0 saturated carbocycles. The van der Waals surface area contributed by atoms with Crippen LogP contribution in [0.5, 0.6) is 0 Å². The highest BCUT2D eigenvalue weighted by Crippen LogP contribution is 2.14. The van der Waals surface area contributed by atoms with Crippen molar-refractivity contribution < 1.29 is 9.59 Å². The Hall–Kier alpha value is -3.16. The highest BCUT2D eigenvalue weighted by atomic mass is 35.5. The van der Waals surface area contributed by atoms with Crippen LogP contribution in [0.15, 0.2) is 54.6 Å². The molecule has 0 unspecified atom stereocenters. The molecule has 7 nitrogen and oxygen atoms in total. The summed E-state index contributed by atoms with van der Waals surface area (Å²) in [7, 11) is 0. The average Bonchev–Trinajstić information content (AvgIpc) is 2.77. The van der Waals surface area contributed by atoms with Crippen molar-refractivity contribution in [3.63, 3.8) is 0 Å². The molecule has 160 valence electrons. The maximum atomic E-state index is 12.4. The number of nitrogens with one attached hydrogen (secondary N) is 3. The van der Waals surface area contributed by atoms with E-state index in [2.05, 4.69) is 25.9 Å². The second kappa shape index (κ2) is 10.7. The number of amides is 1. The van der Waals surface area contributed by atoms with Crippen LogP contribution >= 0.6 is 23.2 Å². The van der Waals surface area contributed by atoms with Gasteiger partial charge in [-0.1, -0.05) is 47.5 Å². The van der Waals surface area contributed by atoms with Crippen LogP contribution in [0.4, 0.5) is 11.8 Å². The van der Waals surface area contributed by atoms with Crippen molar-refractivity contribution in [2.75, 3.05) is 10.6 Å². The summed E-state index contributed by atoms with van der Waals surface area (Å²) < 4.78 is 0. The summed E-state index contributed by atoms with van der Waals surface area (Å²) in [6.07, 6.45) is 0.628. The van der Waals surface area contributed by atoms with Gasteiger partial charge in [-0.05, 0) is 42.3 Å². The predicted molar refractivity (Wildman–Crippen MR) is 123 cm³/mol. The lowest BCUT2D eigenvalue weighted by molar-refractivity contribution is -0.121. The van der Waals surface area contributed by atoms with Crippen LogP contribution in [0.25, 0.3) is 0 Å². The number of nitrogens with zero attached hydrogens (tertiary/aromatic N) is 2. The zero-order valence-electron chi connectivity index (χ0n) is 16.7. The molecular formula is C22H21Cl2N5O2. The molecule has 0 radical (unpaired) electrons. The lowest BCUT2D eigenvalue weighted by Crippen LogP contribution is -2.37. The highest BCUT2D eigenvalue weighted by Gasteiger charge is 2.14. The van der Waals surface area contributed by atoms with Gasteiger partial charge in [-0.3, -0.25) is 9.59 Å². The normalized spacial score (nSPS) is 11.5. The van der Waals surface area contributed by atoms with Gasteiger partial charge in [0.2, 0.25) is 11.9 Å². The number of carbonyl (C=O) groups excluding carboxylic acids is 2. The summed E-state index contributed by atoms with van der Waals surface area (Å²) in [5, 5.41) is 10.2. The Bertz CT molecular complexity index is 1060. The number of anilines is 2. The number of hydrogen-bond acceptors (Lipinski definition) is 6. The Morgan fingerprint density at radius 2 is 1.77 bits per heavy atom. The Kier molecular flexibility index (Phi) is 7.81. The van der Waals surface area contributed by atoms with E-state index in [9.17, 15) is 9.59 Å². The van der Waals surface area contributed by atoms with Gasteiger partial charge in [0.05, 0.1) is 0 Å². The Morgan fingerprint density at radius 1 is 1.00 bits per heavy atom. The van der Waals surface area contributed by atoms with Crippen LogP contribution in [-0.4, -0.2) is 28.2 Å². The summed E-state index contributed by atoms with van der Waals surface area (Å²) in [4.78, 5) is 32.2. The minimum absolute atomic E-state index is 0.194. The van der Waals surface area contributed by atoms with E-state index in [1.165, 1.54) is 6.07 Å². The van der Waals surface area contributed by atoms with E-state index in [-0.39, 0.29) is 17.5 Å². The summed E-state index contributed by atoms with van der Waals surface area (Å²) in [6.45, 7) is 2.51. The van der Waals surface area contributed by atoms with Gasteiger partial charge in [0.1, 0.15) is 17.6 Å². The van der Waals surface area contributed by atoms with E-state index in [1.54, 1.807) is 25.1 Å². The second-order valence-electron chi connectivity index (χ2n) is 6.81. The van der Waals surface area contributed by atoms with Crippen LogP contribution in [0.2, 0.25) is 10.0 Å². The third-order valence-corrected chi connectivity index (χ3v) is 4.83. The second-order valence-corrected chi connectivity index (χ2v) is 7.69. The molecule has 0 saturated heterocycles. The van der Waals surface area contributed by atoms with Crippen molar-refractivity contribution >= 4 is 47.2 Å². The van der Waals surface area contributed by atoms with Gasteiger partial charge < -0.3 is 16.0 Å². The van der Waals surface area contributed by atoms with Crippen molar-refractivity contribution in [2.45, 2.75) is 26.1 Å². The fraction of sp³-hybridized carbons (Fsp3) is 0.182. The summed E-state index contributed by atoms with van der Waals surface area (Å²) in [5.41, 5.74) is 2.07. The first-order valence-corrected chi connectivity index (χ1v) is 10.3. The van der Waals surface area contributed by atoms with Crippen LogP contribution in [0.3, 0.4) is 0 Å². The first-order valence-electron chi connectivity index (χ1n) is 9.54. The van der Waals surface area contributed by atoms with E-state index in [1.807, 2.05) is 30.3 Å². The number of aromatic nitrogens is 2. The van der Waals surface area contributed by atoms with Crippen molar-refractivity contribution in [3.05, 3.63) is 81.5 Å². The Morgan fingerprint density at radius 3 is 2.48 bits per heavy atom. The maximum absolute atomic E-state index is 12.4. The molecule has 1 amide bonds. The highest BCUT2D eigenvalue weighted by molar-refractivity contribution is 6.30. The van der Waals surface area contributed by atoms with Crippen LogP contribution < -0.4 is 16.0 Å². The quantitative estimate of drug-likeness (QED) is 0.414. The summed E-state index contributed by atoms with van der Waals surface area (Å²) in [5.74, 6) is 0.412. The SMILES string of the molecule is C[C@@H](Nc1cc(C=O)nc(NCc2cccc(Cl)c2)n1)C(=O)NCc1ccc(Cl)cc1. The smallest absolute Gasteiger partial charge is 0.242 e. The summed E-state index contributed by atoms with van der Waals surface area (Å²) in [6, 6.07) is 15.5. The van der Waals surface area contributed by atoms with E-state index >= 15 is 0 Å². The molecule has 0 fully saturated rings. The maximum Gasteiger partial charge on any atom is 0.242 e. The van der Waals surface area contributed by atoms with Gasteiger partial charge in [-0.2, -0.15) is 4.98 Å². The summed E-state index contributed by atoms with van der Waals surface area (Å²) >= 11 is 11.9. The molecule has 3 aromatic rings. The van der Waals surface area contributed by atoms with Gasteiger partial charge in [0, 0.05) is 29.2 Å². The minimum Gasteiger partial charge on any atom is -0.358 e. The van der Waals surface area contributed by atoms with Crippen molar-refractivity contribution in [1.82, 2.24) is 15.3 Å². The molecule has 3 rings (SSSR count). The standard InChI is InChI=1S/C22H21Cl2N5O2/c1-14(21(31)25-11-15-5-7-17(23)8-6-15)27-20-10-19(13-30)28-22(29-20)26-12-16-3-2-4-18(24)9-16/h2-10,13-14H,11-12H2,1H3,(H,25,31)(H2,26,27,28,29)/t14-/m1/s1. The minimum atomic E-state index is -0.581. The van der Waals surface area contributed by atoms with Crippen LogP contribution in [0.1, 0.15) is 28.5 Å². The van der Waals surface area contributed by atoms with E-state index in [0.717, 1.165) is 11.1 Å². The number of benzene rings is 2. The van der Waals surface area contributed by atoms with E-state index in [0.29, 0.717) is 35.2 Å². The average molecular weight is 458 g/mol. The van der Waals surface area contributed by atoms with Gasteiger partial charge in [0.15, 0.2) is 6.29 Å². The first kappa shape index (κ1) is 22.5.